The maximum absolute atomic E-state index is 12.0. The summed E-state index contributed by atoms with van der Waals surface area (Å²) < 4.78 is 2.31. The molecule has 0 saturated carbocycles. The van der Waals surface area contributed by atoms with E-state index in [9.17, 15) is 9.59 Å². The zero-order valence-corrected chi connectivity index (χ0v) is 13.1. The normalized spacial score (nSPS) is 10.8. The third-order valence-electron chi connectivity index (χ3n) is 3.28. The Labute approximate surface area is 135 Å². The van der Waals surface area contributed by atoms with E-state index in [1.54, 1.807) is 0 Å². The molecule has 0 spiro atoms. The van der Waals surface area contributed by atoms with Crippen LogP contribution in [0.25, 0.3) is 10.2 Å². The molecule has 0 fully saturated rings. The molecule has 118 valence electrons. The highest BCUT2D eigenvalue weighted by atomic mass is 32.1. The fourth-order valence-corrected chi connectivity index (χ4v) is 3.15. The molecule has 3 aromatic rings. The summed E-state index contributed by atoms with van der Waals surface area (Å²) in [5.74, 6) is -1.29. The molecular weight excluding hydrogens is 316 g/mol. The number of aryl methyl sites for hydroxylation is 2. The Morgan fingerprint density at radius 2 is 2.17 bits per heavy atom. The molecule has 0 aliphatic heterocycles. The fraction of sp³-hybridized carbons (Fsp3) is 0.200. The summed E-state index contributed by atoms with van der Waals surface area (Å²) in [6.07, 6.45) is 1.52. The molecule has 0 radical (unpaired) electrons. The van der Waals surface area contributed by atoms with E-state index in [1.807, 2.05) is 25.1 Å². The monoisotopic (exact) mass is 330 g/mol. The first-order chi connectivity index (χ1) is 11.0. The van der Waals surface area contributed by atoms with Crippen molar-refractivity contribution in [1.82, 2.24) is 14.8 Å². The van der Waals surface area contributed by atoms with E-state index in [0.717, 1.165) is 15.8 Å². The van der Waals surface area contributed by atoms with Crippen molar-refractivity contribution < 1.29 is 14.7 Å². The Bertz CT molecular complexity index is 884. The van der Waals surface area contributed by atoms with Crippen molar-refractivity contribution >= 4 is 38.6 Å². The lowest BCUT2D eigenvalue weighted by Gasteiger charge is -2.04. The van der Waals surface area contributed by atoms with Crippen molar-refractivity contribution in [1.29, 1.82) is 0 Å². The first-order valence-electron chi connectivity index (χ1n) is 6.95. The lowest BCUT2D eigenvalue weighted by Crippen LogP contribution is -2.17. The number of amides is 1. The summed E-state index contributed by atoms with van der Waals surface area (Å²) in [7, 11) is 0. The number of carbonyl (C=O) groups excluding carboxylic acids is 1. The number of hydrogen-bond acceptors (Lipinski definition) is 5. The number of nitrogens with zero attached hydrogens (tertiary/aromatic N) is 3. The molecule has 1 amide bonds. The van der Waals surface area contributed by atoms with E-state index in [4.69, 9.17) is 5.11 Å². The van der Waals surface area contributed by atoms with Crippen molar-refractivity contribution in [2.24, 2.45) is 0 Å². The van der Waals surface area contributed by atoms with Gasteiger partial charge in [0.15, 0.2) is 5.13 Å². The van der Waals surface area contributed by atoms with Gasteiger partial charge in [-0.2, -0.15) is 5.10 Å². The number of aromatic carboxylic acids is 1. The second kappa shape index (κ2) is 6.17. The van der Waals surface area contributed by atoms with Crippen LogP contribution in [0.5, 0.6) is 0 Å². The van der Waals surface area contributed by atoms with Gasteiger partial charge in [-0.25, -0.2) is 9.78 Å². The smallest absolute Gasteiger partial charge is 0.354 e. The van der Waals surface area contributed by atoms with E-state index in [-0.39, 0.29) is 24.6 Å². The predicted octanol–water partition coefficient (Wildman–Crippen LogP) is 2.53. The number of benzene rings is 1. The molecule has 2 N–H and O–H groups in total. The van der Waals surface area contributed by atoms with Gasteiger partial charge >= 0.3 is 5.97 Å². The topological polar surface area (TPSA) is 97.1 Å². The number of fused-ring (bicyclic) bond motifs is 1. The highest BCUT2D eigenvalue weighted by molar-refractivity contribution is 7.22. The lowest BCUT2D eigenvalue weighted by atomic mass is 10.2. The number of aromatic nitrogens is 3. The summed E-state index contributed by atoms with van der Waals surface area (Å²) in [4.78, 5) is 27.3. The van der Waals surface area contributed by atoms with Crippen LogP contribution >= 0.6 is 11.3 Å². The number of anilines is 1. The van der Waals surface area contributed by atoms with Crippen LogP contribution in [0, 0.1) is 6.92 Å². The molecule has 2 heterocycles. The van der Waals surface area contributed by atoms with Crippen LogP contribution < -0.4 is 5.32 Å². The van der Waals surface area contributed by atoms with Crippen molar-refractivity contribution in [2.45, 2.75) is 19.9 Å². The largest absolute Gasteiger partial charge is 0.477 e. The van der Waals surface area contributed by atoms with Crippen LogP contribution in [0.4, 0.5) is 5.13 Å². The highest BCUT2D eigenvalue weighted by Gasteiger charge is 2.12. The molecule has 0 aliphatic rings. The SMILES string of the molecule is Cc1ccc2nc(NC(=O)CCn3nccc3C(=O)O)sc2c1. The second-order valence-electron chi connectivity index (χ2n) is 5.03. The number of nitrogens with one attached hydrogen (secondary N) is 1. The molecule has 0 aliphatic carbocycles. The number of carboxylic acids is 1. The fourth-order valence-electron chi connectivity index (χ4n) is 2.17. The van der Waals surface area contributed by atoms with E-state index < -0.39 is 5.97 Å². The van der Waals surface area contributed by atoms with E-state index in [2.05, 4.69) is 15.4 Å². The van der Waals surface area contributed by atoms with Crippen LogP contribution in [0.1, 0.15) is 22.5 Å². The third kappa shape index (κ3) is 3.37. The summed E-state index contributed by atoms with van der Waals surface area (Å²) >= 11 is 1.41. The van der Waals surface area contributed by atoms with Crippen LogP contribution in [0.15, 0.2) is 30.5 Å². The predicted molar refractivity (Wildman–Crippen MR) is 86.8 cm³/mol. The summed E-state index contributed by atoms with van der Waals surface area (Å²) in [6, 6.07) is 7.31. The zero-order chi connectivity index (χ0) is 16.4. The van der Waals surface area contributed by atoms with Gasteiger partial charge in [-0.1, -0.05) is 17.4 Å². The van der Waals surface area contributed by atoms with Gasteiger partial charge in [0.2, 0.25) is 5.91 Å². The van der Waals surface area contributed by atoms with Crippen LogP contribution in [-0.4, -0.2) is 31.7 Å². The number of rotatable bonds is 5. The lowest BCUT2D eigenvalue weighted by molar-refractivity contribution is -0.116. The van der Waals surface area contributed by atoms with Crippen LogP contribution in [0.2, 0.25) is 0 Å². The molecule has 1 aromatic carbocycles. The summed E-state index contributed by atoms with van der Waals surface area (Å²) in [5.41, 5.74) is 2.04. The first-order valence-corrected chi connectivity index (χ1v) is 7.77. The molecule has 0 unspecified atom stereocenters. The van der Waals surface area contributed by atoms with Gasteiger partial charge in [-0.05, 0) is 30.7 Å². The first kappa shape index (κ1) is 15.2. The Kier molecular flexibility index (Phi) is 4.07. The van der Waals surface area contributed by atoms with Gasteiger partial charge in [-0.3, -0.25) is 9.48 Å². The van der Waals surface area contributed by atoms with Gasteiger partial charge < -0.3 is 10.4 Å². The van der Waals surface area contributed by atoms with Crippen molar-refractivity contribution in [3.63, 3.8) is 0 Å². The Morgan fingerprint density at radius 1 is 1.35 bits per heavy atom. The van der Waals surface area contributed by atoms with Gasteiger partial charge in [0.25, 0.3) is 0 Å². The average Bonchev–Trinajstić information content (AvgIpc) is 3.10. The molecule has 0 saturated heterocycles. The summed E-state index contributed by atoms with van der Waals surface area (Å²) in [6.45, 7) is 2.20. The number of carbonyl (C=O) groups is 2. The Hall–Kier alpha value is -2.74. The quantitative estimate of drug-likeness (QED) is 0.749. The molecular formula is C15H14N4O3S. The Morgan fingerprint density at radius 3 is 2.96 bits per heavy atom. The van der Waals surface area contributed by atoms with Crippen molar-refractivity contribution in [2.75, 3.05) is 5.32 Å². The van der Waals surface area contributed by atoms with Crippen LogP contribution in [0.3, 0.4) is 0 Å². The maximum Gasteiger partial charge on any atom is 0.354 e. The van der Waals surface area contributed by atoms with Crippen LogP contribution in [-0.2, 0) is 11.3 Å². The van der Waals surface area contributed by atoms with E-state index in [0.29, 0.717) is 5.13 Å². The minimum atomic E-state index is -1.07. The number of carboxylic acid groups (broad SMARTS) is 1. The molecule has 8 heteroatoms. The Balaban J connectivity index is 1.64. The van der Waals surface area contributed by atoms with Gasteiger partial charge in [0, 0.05) is 12.6 Å². The molecule has 2 aromatic heterocycles. The molecule has 0 bridgehead atoms. The molecule has 0 atom stereocenters. The standard InChI is InChI=1S/C15H14N4O3S/c1-9-2-3-10-12(8-9)23-15(17-10)18-13(20)5-7-19-11(14(21)22)4-6-16-19/h2-4,6,8H,5,7H2,1H3,(H,21,22)(H,17,18,20). The molecule has 23 heavy (non-hydrogen) atoms. The summed E-state index contributed by atoms with van der Waals surface area (Å²) in [5, 5.41) is 16.2. The number of hydrogen-bond donors (Lipinski definition) is 2. The second-order valence-corrected chi connectivity index (χ2v) is 6.06. The van der Waals surface area contributed by atoms with Gasteiger partial charge in [-0.15, -0.1) is 0 Å². The number of thiazole rings is 1. The minimum Gasteiger partial charge on any atom is -0.477 e. The molecule has 3 rings (SSSR count). The maximum atomic E-state index is 12.0. The van der Waals surface area contributed by atoms with E-state index >= 15 is 0 Å². The third-order valence-corrected chi connectivity index (χ3v) is 4.21. The zero-order valence-electron chi connectivity index (χ0n) is 12.3. The highest BCUT2D eigenvalue weighted by Crippen LogP contribution is 2.26. The van der Waals surface area contributed by atoms with Gasteiger partial charge in [0.05, 0.1) is 16.8 Å². The average molecular weight is 330 g/mol. The minimum absolute atomic E-state index is 0.0632. The van der Waals surface area contributed by atoms with Crippen molar-refractivity contribution in [3.05, 3.63) is 41.7 Å². The molecule has 7 nitrogen and oxygen atoms in total. The van der Waals surface area contributed by atoms with Crippen molar-refractivity contribution in [3.8, 4) is 0 Å². The van der Waals surface area contributed by atoms with E-state index in [1.165, 1.54) is 28.3 Å². The van der Waals surface area contributed by atoms with Gasteiger partial charge in [0.1, 0.15) is 5.69 Å².